The molecular formula is C22H36N6O4. The summed E-state index contributed by atoms with van der Waals surface area (Å²) in [4.78, 5) is 27.4. The minimum atomic E-state index is -0.701. The molecule has 0 radical (unpaired) electrons. The maximum atomic E-state index is 13.6. The van der Waals surface area contributed by atoms with Crippen LogP contribution in [0.3, 0.4) is 0 Å². The summed E-state index contributed by atoms with van der Waals surface area (Å²) >= 11 is 0. The van der Waals surface area contributed by atoms with E-state index in [1.807, 2.05) is 50.0 Å². The van der Waals surface area contributed by atoms with Gasteiger partial charge in [-0.05, 0) is 29.7 Å². The number of aliphatic hydroxyl groups excluding tert-OH is 1. The first-order valence-electron chi connectivity index (χ1n) is 11.0. The van der Waals surface area contributed by atoms with Crippen LogP contribution in [0, 0.1) is 5.41 Å². The minimum Gasteiger partial charge on any atom is -0.497 e. The van der Waals surface area contributed by atoms with Crippen molar-refractivity contribution in [2.75, 3.05) is 39.1 Å². The van der Waals surface area contributed by atoms with Crippen molar-refractivity contribution in [3.63, 3.8) is 0 Å². The van der Waals surface area contributed by atoms with Crippen molar-refractivity contribution in [2.24, 2.45) is 5.41 Å². The van der Waals surface area contributed by atoms with E-state index in [0.717, 1.165) is 11.4 Å². The molecule has 2 aliphatic rings. The van der Waals surface area contributed by atoms with Crippen molar-refractivity contribution in [2.45, 2.75) is 51.4 Å². The van der Waals surface area contributed by atoms with Crippen LogP contribution in [0.4, 0.5) is 5.69 Å². The third-order valence-corrected chi connectivity index (χ3v) is 5.95. The van der Waals surface area contributed by atoms with Gasteiger partial charge in [0.1, 0.15) is 17.8 Å². The molecule has 2 amide bonds. The van der Waals surface area contributed by atoms with Gasteiger partial charge in [-0.15, -0.1) is 0 Å². The number of nitrogens with one attached hydrogen (secondary N) is 4. The number of carbonyl (C=O) groups is 2. The van der Waals surface area contributed by atoms with Gasteiger partial charge in [-0.3, -0.25) is 9.59 Å². The van der Waals surface area contributed by atoms with Crippen molar-refractivity contribution in [1.29, 1.82) is 0 Å². The fourth-order valence-electron chi connectivity index (χ4n) is 4.34. The van der Waals surface area contributed by atoms with E-state index >= 15 is 0 Å². The van der Waals surface area contributed by atoms with E-state index in [0.29, 0.717) is 13.1 Å². The average Bonchev–Trinajstić information content (AvgIpc) is 3.37. The number of ether oxygens (including phenoxy) is 1. The molecule has 1 unspecified atom stereocenters. The quantitative estimate of drug-likeness (QED) is 0.393. The van der Waals surface area contributed by atoms with Gasteiger partial charge in [-0.2, -0.15) is 5.53 Å². The first-order valence-corrected chi connectivity index (χ1v) is 11.0. The molecule has 0 aromatic heterocycles. The smallest absolute Gasteiger partial charge is 0.242 e. The van der Waals surface area contributed by atoms with Crippen molar-refractivity contribution in [3.05, 3.63) is 24.3 Å². The molecule has 10 nitrogen and oxygen atoms in total. The summed E-state index contributed by atoms with van der Waals surface area (Å²) in [5.41, 5.74) is 6.98. The zero-order chi connectivity index (χ0) is 23.5. The fraction of sp³-hybridized carbons (Fsp3) is 0.636. The van der Waals surface area contributed by atoms with Crippen LogP contribution >= 0.6 is 0 Å². The fourth-order valence-corrected chi connectivity index (χ4v) is 4.34. The maximum Gasteiger partial charge on any atom is 0.242 e. The highest BCUT2D eigenvalue weighted by atomic mass is 16.5. The summed E-state index contributed by atoms with van der Waals surface area (Å²) < 4.78 is 5.19. The van der Waals surface area contributed by atoms with Crippen LogP contribution in [0.1, 0.15) is 27.2 Å². The summed E-state index contributed by atoms with van der Waals surface area (Å²) in [7, 11) is 3.18. The summed E-state index contributed by atoms with van der Waals surface area (Å²) in [6.07, 6.45) is -0.449. The van der Waals surface area contributed by atoms with Gasteiger partial charge in [-0.1, -0.05) is 20.8 Å². The molecule has 3 rings (SSSR count). The van der Waals surface area contributed by atoms with Crippen LogP contribution in [0.5, 0.6) is 5.75 Å². The molecule has 0 aliphatic carbocycles. The van der Waals surface area contributed by atoms with Gasteiger partial charge in [0.15, 0.2) is 0 Å². The molecule has 1 aromatic carbocycles. The lowest BCUT2D eigenvalue weighted by atomic mass is 9.85. The molecule has 2 saturated heterocycles. The molecule has 0 saturated carbocycles. The predicted octanol–water partition coefficient (Wildman–Crippen LogP) is -0.0770. The number of likely N-dealkylation sites (tertiary alicyclic amines) is 1. The standard InChI is InChI=1S/C22H36N6O4/c1-22(2,3)19(21(31)27-13-16(29)10-18(27)20(30)23-4)28-12-15(25-26-28)11-24-14-6-8-17(32-5)9-7-14/h6-9,15-16,18-19,24-26,29H,10-13H2,1-5H3,(H,23,30)/t15?,16-,18+,19-/m1/s1. The highest BCUT2D eigenvalue weighted by Crippen LogP contribution is 2.29. The number of methoxy groups -OCH3 is 1. The number of aliphatic hydroxyl groups is 1. The van der Waals surface area contributed by atoms with E-state index in [2.05, 4.69) is 21.6 Å². The Kier molecular flexibility index (Phi) is 7.60. The van der Waals surface area contributed by atoms with E-state index in [9.17, 15) is 14.7 Å². The van der Waals surface area contributed by atoms with Crippen molar-refractivity contribution in [3.8, 4) is 5.75 Å². The van der Waals surface area contributed by atoms with Crippen LogP contribution in [-0.4, -0.2) is 84.9 Å². The highest BCUT2D eigenvalue weighted by Gasteiger charge is 2.47. The van der Waals surface area contributed by atoms with E-state index in [4.69, 9.17) is 4.74 Å². The first kappa shape index (κ1) is 24.2. The van der Waals surface area contributed by atoms with Crippen LogP contribution < -0.4 is 26.3 Å². The number of hydrazine groups is 2. The Hall–Kier alpha value is -2.40. The van der Waals surface area contributed by atoms with Gasteiger partial charge in [0, 0.05) is 38.8 Å². The summed E-state index contributed by atoms with van der Waals surface area (Å²) in [6, 6.07) is 6.60. The van der Waals surface area contributed by atoms with Gasteiger partial charge in [-0.25, -0.2) is 10.4 Å². The Balaban J connectivity index is 1.66. The molecule has 178 valence electrons. The average molecular weight is 449 g/mol. The lowest BCUT2D eigenvalue weighted by molar-refractivity contribution is -0.147. The van der Waals surface area contributed by atoms with Crippen LogP contribution in [0.25, 0.3) is 0 Å². The normalized spacial score (nSPS) is 24.9. The minimum absolute atomic E-state index is 0.0636. The molecule has 1 aromatic rings. The number of likely N-dealkylation sites (N-methyl/N-ethyl adjacent to an activating group) is 1. The first-order chi connectivity index (χ1) is 15.1. The summed E-state index contributed by atoms with van der Waals surface area (Å²) in [5, 5.41) is 18.0. The third-order valence-electron chi connectivity index (χ3n) is 5.95. The van der Waals surface area contributed by atoms with Gasteiger partial charge >= 0.3 is 0 Å². The number of anilines is 1. The van der Waals surface area contributed by atoms with Crippen LogP contribution in [0.2, 0.25) is 0 Å². The molecular weight excluding hydrogens is 412 g/mol. The van der Waals surface area contributed by atoms with Gasteiger partial charge in [0.05, 0.1) is 19.3 Å². The topological polar surface area (TPSA) is 118 Å². The SMILES string of the molecule is CNC(=O)[C@@H]1C[C@@H](O)CN1C(=O)[C@@H](N1CC(CNc2ccc(OC)cc2)NN1)C(C)(C)C. The number of amides is 2. The molecule has 2 aliphatic heterocycles. The lowest BCUT2D eigenvalue weighted by Crippen LogP contribution is -2.60. The number of nitrogens with zero attached hydrogens (tertiary/aromatic N) is 2. The largest absolute Gasteiger partial charge is 0.497 e. The zero-order valence-electron chi connectivity index (χ0n) is 19.5. The lowest BCUT2D eigenvalue weighted by Gasteiger charge is -2.39. The number of hydrogen-bond donors (Lipinski definition) is 5. The molecule has 2 heterocycles. The van der Waals surface area contributed by atoms with Crippen molar-refractivity contribution < 1.29 is 19.4 Å². The monoisotopic (exact) mass is 448 g/mol. The Labute approximate surface area is 189 Å². The number of carbonyl (C=O) groups excluding carboxylic acids is 2. The van der Waals surface area contributed by atoms with Crippen molar-refractivity contribution >= 4 is 17.5 Å². The predicted molar refractivity (Wildman–Crippen MR) is 122 cm³/mol. The molecule has 5 N–H and O–H groups in total. The number of hydrogen-bond acceptors (Lipinski definition) is 8. The van der Waals surface area contributed by atoms with Crippen LogP contribution in [0.15, 0.2) is 24.3 Å². The Bertz CT molecular complexity index is 797. The molecule has 10 heteroatoms. The molecule has 32 heavy (non-hydrogen) atoms. The Morgan fingerprint density at radius 1 is 1.25 bits per heavy atom. The van der Waals surface area contributed by atoms with Gasteiger partial charge in [0.25, 0.3) is 0 Å². The highest BCUT2D eigenvalue weighted by molar-refractivity contribution is 5.90. The van der Waals surface area contributed by atoms with E-state index in [1.165, 1.54) is 4.90 Å². The third kappa shape index (κ3) is 5.50. The second kappa shape index (κ2) is 10.0. The molecule has 0 spiro atoms. The second-order valence-electron chi connectivity index (χ2n) is 9.49. The maximum absolute atomic E-state index is 13.6. The van der Waals surface area contributed by atoms with Gasteiger partial charge < -0.3 is 25.4 Å². The van der Waals surface area contributed by atoms with Crippen molar-refractivity contribution in [1.82, 2.24) is 26.2 Å². The second-order valence-corrected chi connectivity index (χ2v) is 9.49. The molecule has 4 atom stereocenters. The number of benzene rings is 1. The Morgan fingerprint density at radius 3 is 2.53 bits per heavy atom. The summed E-state index contributed by atoms with van der Waals surface area (Å²) in [5.74, 6) is 0.383. The Morgan fingerprint density at radius 2 is 1.94 bits per heavy atom. The summed E-state index contributed by atoms with van der Waals surface area (Å²) in [6.45, 7) is 7.42. The zero-order valence-corrected chi connectivity index (χ0v) is 19.5. The van der Waals surface area contributed by atoms with E-state index in [1.54, 1.807) is 14.2 Å². The van der Waals surface area contributed by atoms with Crippen LogP contribution in [-0.2, 0) is 9.59 Å². The molecule has 2 fully saturated rings. The van der Waals surface area contributed by atoms with E-state index < -0.39 is 23.6 Å². The van der Waals surface area contributed by atoms with Gasteiger partial charge in [0.2, 0.25) is 11.8 Å². The number of rotatable bonds is 7. The number of β-amino-alcohol motifs (C(OH)–C–C–N with tert-alkyl or cyclic N) is 1. The van der Waals surface area contributed by atoms with E-state index in [-0.39, 0.29) is 30.8 Å². The molecule has 0 bridgehead atoms.